The zero-order valence-corrected chi connectivity index (χ0v) is 17.0. The van der Waals surface area contributed by atoms with Crippen LogP contribution in [0.4, 0.5) is 10.5 Å². The van der Waals surface area contributed by atoms with Gasteiger partial charge in [0.2, 0.25) is 0 Å². The summed E-state index contributed by atoms with van der Waals surface area (Å²) in [6.07, 6.45) is -0.219. The normalized spacial score (nSPS) is 11.6. The second-order valence-corrected chi connectivity index (χ2v) is 7.18. The minimum absolute atomic E-state index is 0.219. The molecule has 0 aliphatic rings. The first-order valence-corrected chi connectivity index (χ1v) is 9.50. The number of hydrogen-bond acceptors (Lipinski definition) is 4. The lowest BCUT2D eigenvalue weighted by molar-refractivity contribution is -0.147. The smallest absolute Gasteiger partial charge is 0.312 e. The van der Waals surface area contributed by atoms with Gasteiger partial charge in [-0.1, -0.05) is 55.8 Å². The third kappa shape index (κ3) is 7.12. The van der Waals surface area contributed by atoms with Crippen LogP contribution in [-0.2, 0) is 14.3 Å². The minimum atomic E-state index is -0.801. The Kier molecular flexibility index (Phi) is 8.03. The number of esters is 1. The maximum absolute atomic E-state index is 12.2. The molecule has 0 bridgehead atoms. The summed E-state index contributed by atoms with van der Waals surface area (Å²) in [4.78, 5) is 35.4. The van der Waals surface area contributed by atoms with E-state index in [4.69, 9.17) is 22.1 Å². The lowest BCUT2D eigenvalue weighted by Gasteiger charge is -2.18. The molecule has 0 saturated carbocycles. The molecular formula is C21H24ClN3O4. The molecule has 0 saturated heterocycles. The Morgan fingerprint density at radius 2 is 1.72 bits per heavy atom. The third-order valence-corrected chi connectivity index (χ3v) is 4.54. The molecule has 7 nitrogen and oxygen atoms in total. The predicted octanol–water partition coefficient (Wildman–Crippen LogP) is 3.74. The molecule has 0 heterocycles. The highest BCUT2D eigenvalue weighted by Crippen LogP contribution is 2.25. The molecule has 0 unspecified atom stereocenters. The third-order valence-electron chi connectivity index (χ3n) is 4.19. The number of carbonyl (C=O) groups excluding carboxylic acids is 3. The first-order valence-electron chi connectivity index (χ1n) is 9.12. The van der Waals surface area contributed by atoms with Crippen LogP contribution in [0.25, 0.3) is 0 Å². The molecule has 0 aromatic heterocycles. The van der Waals surface area contributed by atoms with Crippen molar-refractivity contribution in [2.24, 2.45) is 5.73 Å². The van der Waals surface area contributed by atoms with Gasteiger partial charge >= 0.3 is 12.0 Å². The number of amides is 3. The lowest BCUT2D eigenvalue weighted by atomic mass is 10.0. The quantitative estimate of drug-likeness (QED) is 0.568. The van der Waals surface area contributed by atoms with E-state index in [1.807, 2.05) is 12.1 Å². The standard InChI is InChI=1S/C21H24ClN3O4/c1-13(2)14-7-9-15(10-8-14)24-19(26)12-29-20(27)11-18(25-21(23)28)16-5-3-4-6-17(16)22/h3-10,13,18H,11-12H2,1-2H3,(H,24,26)(H3,23,25,28)/t18-/m0/s1. The average Bonchev–Trinajstić information content (AvgIpc) is 2.66. The van der Waals surface area contributed by atoms with E-state index in [-0.39, 0.29) is 6.42 Å². The molecule has 2 aromatic rings. The van der Waals surface area contributed by atoms with E-state index in [0.717, 1.165) is 5.56 Å². The van der Waals surface area contributed by atoms with E-state index >= 15 is 0 Å². The van der Waals surface area contributed by atoms with Crippen LogP contribution in [0.15, 0.2) is 48.5 Å². The molecule has 8 heteroatoms. The number of rotatable bonds is 8. The van der Waals surface area contributed by atoms with Crippen LogP contribution >= 0.6 is 11.6 Å². The molecule has 0 radical (unpaired) electrons. The van der Waals surface area contributed by atoms with Crippen molar-refractivity contribution < 1.29 is 19.1 Å². The zero-order chi connectivity index (χ0) is 21.4. The summed E-state index contributed by atoms with van der Waals surface area (Å²) in [7, 11) is 0. The summed E-state index contributed by atoms with van der Waals surface area (Å²) in [5, 5.41) is 5.50. The van der Waals surface area contributed by atoms with Gasteiger partial charge in [-0.15, -0.1) is 0 Å². The maximum Gasteiger partial charge on any atom is 0.312 e. The van der Waals surface area contributed by atoms with Crippen molar-refractivity contribution in [1.82, 2.24) is 5.32 Å². The number of primary amides is 1. The Hall–Kier alpha value is -3.06. The molecular weight excluding hydrogens is 394 g/mol. The fourth-order valence-corrected chi connectivity index (χ4v) is 2.96. The molecule has 0 fully saturated rings. The highest BCUT2D eigenvalue weighted by atomic mass is 35.5. The van der Waals surface area contributed by atoms with Crippen LogP contribution in [0.5, 0.6) is 0 Å². The molecule has 1 atom stereocenters. The maximum atomic E-state index is 12.2. The molecule has 2 aromatic carbocycles. The molecule has 0 aliphatic carbocycles. The number of halogens is 1. The van der Waals surface area contributed by atoms with Gasteiger partial charge in [-0.05, 0) is 35.2 Å². The predicted molar refractivity (Wildman–Crippen MR) is 112 cm³/mol. The number of ether oxygens (including phenoxy) is 1. The zero-order valence-electron chi connectivity index (χ0n) is 16.3. The second-order valence-electron chi connectivity index (χ2n) is 6.77. The van der Waals surface area contributed by atoms with Crippen LogP contribution in [0.3, 0.4) is 0 Å². The van der Waals surface area contributed by atoms with Crippen LogP contribution in [-0.4, -0.2) is 24.5 Å². The van der Waals surface area contributed by atoms with Gasteiger partial charge in [-0.2, -0.15) is 0 Å². The summed E-state index contributed by atoms with van der Waals surface area (Å²) in [6.45, 7) is 3.71. The number of benzene rings is 2. The van der Waals surface area contributed by atoms with E-state index in [1.165, 1.54) is 0 Å². The topological polar surface area (TPSA) is 111 Å². The van der Waals surface area contributed by atoms with Gasteiger partial charge in [-0.25, -0.2) is 4.79 Å². The summed E-state index contributed by atoms with van der Waals surface area (Å²) in [6, 6.07) is 12.6. The fraction of sp³-hybridized carbons (Fsp3) is 0.286. The molecule has 0 aliphatic heterocycles. The van der Waals surface area contributed by atoms with Gasteiger partial charge in [0.15, 0.2) is 6.61 Å². The average molecular weight is 418 g/mol. The van der Waals surface area contributed by atoms with Gasteiger partial charge in [0.25, 0.3) is 5.91 Å². The number of carbonyl (C=O) groups is 3. The summed E-state index contributed by atoms with van der Waals surface area (Å²) in [5.74, 6) is -0.748. The van der Waals surface area contributed by atoms with E-state index in [1.54, 1.807) is 36.4 Å². The Balaban J connectivity index is 1.90. The van der Waals surface area contributed by atoms with Gasteiger partial charge in [0, 0.05) is 10.7 Å². The largest absolute Gasteiger partial charge is 0.455 e. The molecule has 4 N–H and O–H groups in total. The van der Waals surface area contributed by atoms with Crippen LogP contribution in [0.1, 0.15) is 43.4 Å². The Labute approximate surface area is 174 Å². The second kappa shape index (κ2) is 10.5. The van der Waals surface area contributed by atoms with E-state index in [2.05, 4.69) is 24.5 Å². The Bertz CT molecular complexity index is 868. The molecule has 3 amide bonds. The number of anilines is 1. The number of urea groups is 1. The van der Waals surface area contributed by atoms with Crippen molar-refractivity contribution in [3.05, 3.63) is 64.7 Å². The van der Waals surface area contributed by atoms with E-state index in [9.17, 15) is 14.4 Å². The van der Waals surface area contributed by atoms with Crippen molar-refractivity contribution in [2.75, 3.05) is 11.9 Å². The first kappa shape index (κ1) is 22.2. The summed E-state index contributed by atoms with van der Waals surface area (Å²) >= 11 is 6.13. The minimum Gasteiger partial charge on any atom is -0.455 e. The molecule has 29 heavy (non-hydrogen) atoms. The fourth-order valence-electron chi connectivity index (χ4n) is 2.69. The van der Waals surface area contributed by atoms with Gasteiger partial charge in [0.05, 0.1) is 12.5 Å². The monoisotopic (exact) mass is 417 g/mol. The highest BCUT2D eigenvalue weighted by molar-refractivity contribution is 6.31. The van der Waals surface area contributed by atoms with Crippen molar-refractivity contribution in [2.45, 2.75) is 32.2 Å². The summed E-state index contributed by atoms with van der Waals surface area (Å²) < 4.78 is 5.03. The number of nitrogens with two attached hydrogens (primary N) is 1. The van der Waals surface area contributed by atoms with Gasteiger partial charge in [0.1, 0.15) is 0 Å². The van der Waals surface area contributed by atoms with Gasteiger partial charge < -0.3 is 21.1 Å². The molecule has 2 rings (SSSR count). The van der Waals surface area contributed by atoms with Crippen molar-refractivity contribution in [3.8, 4) is 0 Å². The molecule has 154 valence electrons. The lowest BCUT2D eigenvalue weighted by Crippen LogP contribution is -2.35. The van der Waals surface area contributed by atoms with Crippen LogP contribution in [0.2, 0.25) is 5.02 Å². The number of nitrogens with one attached hydrogen (secondary N) is 2. The van der Waals surface area contributed by atoms with Gasteiger partial charge in [-0.3, -0.25) is 9.59 Å². The van der Waals surface area contributed by atoms with Crippen LogP contribution in [0, 0.1) is 0 Å². The summed E-state index contributed by atoms with van der Waals surface area (Å²) in [5.41, 5.74) is 7.48. The van der Waals surface area contributed by atoms with Crippen LogP contribution < -0.4 is 16.4 Å². The van der Waals surface area contributed by atoms with E-state index < -0.39 is 30.6 Å². The Morgan fingerprint density at radius 1 is 1.07 bits per heavy atom. The number of hydrogen-bond donors (Lipinski definition) is 3. The first-order chi connectivity index (χ1) is 13.8. The Morgan fingerprint density at radius 3 is 2.31 bits per heavy atom. The van der Waals surface area contributed by atoms with E-state index in [0.29, 0.717) is 22.2 Å². The van der Waals surface area contributed by atoms with Crippen molar-refractivity contribution >= 4 is 35.2 Å². The van der Waals surface area contributed by atoms with Crippen molar-refractivity contribution in [3.63, 3.8) is 0 Å². The van der Waals surface area contributed by atoms with Crippen molar-refractivity contribution in [1.29, 1.82) is 0 Å². The highest BCUT2D eigenvalue weighted by Gasteiger charge is 2.21. The molecule has 0 spiro atoms. The SMILES string of the molecule is CC(C)c1ccc(NC(=O)COC(=O)C[C@H](NC(N)=O)c2ccccc2Cl)cc1.